The van der Waals surface area contributed by atoms with Crippen LogP contribution in [0.2, 0.25) is 0 Å². The van der Waals surface area contributed by atoms with Crippen LogP contribution >= 0.6 is 0 Å². The zero-order valence-electron chi connectivity index (χ0n) is 10.5. The van der Waals surface area contributed by atoms with Gasteiger partial charge in [0.05, 0.1) is 17.4 Å². The van der Waals surface area contributed by atoms with Crippen molar-refractivity contribution in [2.45, 2.75) is 20.0 Å². The molecule has 0 heterocycles. The summed E-state index contributed by atoms with van der Waals surface area (Å²) in [5.74, 6) is -3.75. The molecule has 0 atom stereocenters. The average Bonchev–Trinajstić information content (AvgIpc) is 2.29. The third-order valence-electron chi connectivity index (χ3n) is 2.14. The van der Waals surface area contributed by atoms with E-state index >= 15 is 0 Å². The lowest BCUT2D eigenvalue weighted by Crippen LogP contribution is -2.22. The van der Waals surface area contributed by atoms with Crippen molar-refractivity contribution in [1.82, 2.24) is 0 Å². The van der Waals surface area contributed by atoms with Crippen molar-refractivity contribution in [2.75, 3.05) is 11.9 Å². The monoisotopic (exact) mass is 272 g/mol. The highest BCUT2D eigenvalue weighted by Crippen LogP contribution is 2.19. The maximum absolute atomic E-state index is 13.4. The summed E-state index contributed by atoms with van der Waals surface area (Å²) in [5, 5.41) is 2.17. The van der Waals surface area contributed by atoms with Crippen LogP contribution in [-0.4, -0.2) is 24.5 Å². The summed E-state index contributed by atoms with van der Waals surface area (Å²) >= 11 is 0. The molecule has 0 aliphatic carbocycles. The van der Waals surface area contributed by atoms with Crippen molar-refractivity contribution in [1.29, 1.82) is 0 Å². The molecule has 0 aromatic heterocycles. The lowest BCUT2D eigenvalue weighted by Gasteiger charge is -2.10. The Morgan fingerprint density at radius 3 is 2.47 bits per heavy atom. The Labute approximate surface area is 108 Å². The largest absolute Gasteiger partial charge is 0.369 e. The predicted molar refractivity (Wildman–Crippen MR) is 64.6 cm³/mol. The fraction of sp³-hybridized carbons (Fsp3) is 0.333. The van der Waals surface area contributed by atoms with Crippen LogP contribution in [-0.2, 0) is 9.53 Å². The normalized spacial score (nSPS) is 10.6. The number of halogens is 2. The first kappa shape index (κ1) is 15.0. The molecule has 3 N–H and O–H groups in total. The first-order chi connectivity index (χ1) is 8.81. The van der Waals surface area contributed by atoms with Gasteiger partial charge in [0, 0.05) is 6.07 Å². The van der Waals surface area contributed by atoms with Crippen LogP contribution < -0.4 is 11.1 Å². The van der Waals surface area contributed by atoms with Gasteiger partial charge in [0.25, 0.3) is 5.91 Å². The summed E-state index contributed by atoms with van der Waals surface area (Å²) in [6.45, 7) is 3.19. The summed E-state index contributed by atoms with van der Waals surface area (Å²) in [6.07, 6.45) is -0.162. The summed E-state index contributed by atoms with van der Waals surface area (Å²) < 4.78 is 31.6. The van der Waals surface area contributed by atoms with E-state index in [2.05, 4.69) is 5.32 Å². The standard InChI is InChI=1S/C12H14F2N2O3/c1-6(2)19-5-11(17)16-10-3-7(12(15)18)8(13)4-9(10)14/h3-4,6H,5H2,1-2H3,(H2,15,18)(H,16,17). The number of amides is 2. The molecular weight excluding hydrogens is 258 g/mol. The van der Waals surface area contributed by atoms with E-state index in [0.717, 1.165) is 6.07 Å². The number of hydrogen-bond acceptors (Lipinski definition) is 3. The van der Waals surface area contributed by atoms with Crippen molar-refractivity contribution < 1.29 is 23.1 Å². The van der Waals surface area contributed by atoms with Gasteiger partial charge in [0.15, 0.2) is 0 Å². The summed E-state index contributed by atoms with van der Waals surface area (Å²) in [4.78, 5) is 22.3. The number of ether oxygens (including phenoxy) is 1. The maximum Gasteiger partial charge on any atom is 0.251 e. The van der Waals surface area contributed by atoms with Crippen LogP contribution in [0.25, 0.3) is 0 Å². The molecule has 0 aliphatic rings. The predicted octanol–water partition coefficient (Wildman–Crippen LogP) is 1.43. The van der Waals surface area contributed by atoms with E-state index in [1.54, 1.807) is 13.8 Å². The maximum atomic E-state index is 13.4. The molecular formula is C12H14F2N2O3. The van der Waals surface area contributed by atoms with Crippen molar-refractivity contribution >= 4 is 17.5 Å². The van der Waals surface area contributed by atoms with Gasteiger partial charge in [-0.15, -0.1) is 0 Å². The topological polar surface area (TPSA) is 81.4 Å². The Morgan fingerprint density at radius 2 is 1.95 bits per heavy atom. The highest BCUT2D eigenvalue weighted by atomic mass is 19.1. The van der Waals surface area contributed by atoms with Crippen LogP contribution in [0.3, 0.4) is 0 Å². The molecule has 0 fully saturated rings. The molecule has 0 spiro atoms. The smallest absolute Gasteiger partial charge is 0.251 e. The minimum atomic E-state index is -1.08. The number of hydrogen-bond donors (Lipinski definition) is 2. The third kappa shape index (κ3) is 4.29. The van der Waals surface area contributed by atoms with E-state index in [1.807, 2.05) is 0 Å². The lowest BCUT2D eigenvalue weighted by molar-refractivity contribution is -0.121. The molecule has 1 aromatic rings. The molecule has 19 heavy (non-hydrogen) atoms. The minimum Gasteiger partial charge on any atom is -0.369 e. The second kappa shape index (κ2) is 6.24. The number of benzene rings is 1. The van der Waals surface area contributed by atoms with Gasteiger partial charge in [-0.1, -0.05) is 0 Å². The highest BCUT2D eigenvalue weighted by molar-refractivity contribution is 5.96. The van der Waals surface area contributed by atoms with E-state index in [1.165, 1.54) is 0 Å². The molecule has 0 bridgehead atoms. The first-order valence-electron chi connectivity index (χ1n) is 5.51. The summed E-state index contributed by atoms with van der Waals surface area (Å²) in [6, 6.07) is 1.33. The number of carbonyl (C=O) groups is 2. The molecule has 1 rings (SSSR count). The SMILES string of the molecule is CC(C)OCC(=O)Nc1cc(C(N)=O)c(F)cc1F. The fourth-order valence-corrected chi connectivity index (χ4v) is 1.26. The van der Waals surface area contributed by atoms with E-state index < -0.39 is 29.0 Å². The number of rotatable bonds is 5. The van der Waals surface area contributed by atoms with Crippen molar-refractivity contribution in [3.05, 3.63) is 29.3 Å². The van der Waals surface area contributed by atoms with Crippen molar-refractivity contribution in [3.8, 4) is 0 Å². The Balaban J connectivity index is 2.86. The minimum absolute atomic E-state index is 0.162. The fourth-order valence-electron chi connectivity index (χ4n) is 1.26. The first-order valence-corrected chi connectivity index (χ1v) is 5.51. The zero-order chi connectivity index (χ0) is 14.6. The van der Waals surface area contributed by atoms with Crippen molar-refractivity contribution in [3.63, 3.8) is 0 Å². The molecule has 0 aliphatic heterocycles. The molecule has 1 aromatic carbocycles. The van der Waals surface area contributed by atoms with Crippen molar-refractivity contribution in [2.24, 2.45) is 5.73 Å². The van der Waals surface area contributed by atoms with Gasteiger partial charge in [0.2, 0.25) is 5.91 Å². The van der Waals surface area contributed by atoms with E-state index in [9.17, 15) is 18.4 Å². The second-order valence-electron chi connectivity index (χ2n) is 4.08. The Bertz CT molecular complexity index is 504. The summed E-state index contributed by atoms with van der Waals surface area (Å²) in [7, 11) is 0. The van der Waals surface area contributed by atoms with Gasteiger partial charge in [-0.05, 0) is 19.9 Å². The van der Waals surface area contributed by atoms with Crippen LogP contribution in [0.4, 0.5) is 14.5 Å². The zero-order valence-corrected chi connectivity index (χ0v) is 10.5. The Morgan fingerprint density at radius 1 is 1.32 bits per heavy atom. The van der Waals surface area contributed by atoms with Gasteiger partial charge in [0.1, 0.15) is 18.2 Å². The van der Waals surface area contributed by atoms with E-state index in [0.29, 0.717) is 6.07 Å². The van der Waals surface area contributed by atoms with E-state index in [-0.39, 0.29) is 18.4 Å². The van der Waals surface area contributed by atoms with E-state index in [4.69, 9.17) is 10.5 Å². The van der Waals surface area contributed by atoms with Gasteiger partial charge in [-0.3, -0.25) is 9.59 Å². The highest BCUT2D eigenvalue weighted by Gasteiger charge is 2.15. The van der Waals surface area contributed by atoms with Gasteiger partial charge < -0.3 is 15.8 Å². The van der Waals surface area contributed by atoms with Crippen LogP contribution in [0.5, 0.6) is 0 Å². The lowest BCUT2D eigenvalue weighted by atomic mass is 10.1. The summed E-state index contributed by atoms with van der Waals surface area (Å²) in [5.41, 5.74) is 4.10. The average molecular weight is 272 g/mol. The van der Waals surface area contributed by atoms with Crippen LogP contribution in [0.1, 0.15) is 24.2 Å². The number of nitrogens with two attached hydrogens (primary N) is 1. The molecule has 5 nitrogen and oxygen atoms in total. The van der Waals surface area contributed by atoms with Gasteiger partial charge in [-0.2, -0.15) is 0 Å². The molecule has 0 saturated heterocycles. The second-order valence-corrected chi connectivity index (χ2v) is 4.08. The molecule has 0 unspecified atom stereocenters. The Hall–Kier alpha value is -2.02. The number of primary amides is 1. The number of carbonyl (C=O) groups excluding carboxylic acids is 2. The van der Waals surface area contributed by atoms with Gasteiger partial charge >= 0.3 is 0 Å². The third-order valence-corrected chi connectivity index (χ3v) is 2.14. The molecule has 2 amide bonds. The van der Waals surface area contributed by atoms with Crippen LogP contribution in [0.15, 0.2) is 12.1 Å². The quantitative estimate of drug-likeness (QED) is 0.850. The molecule has 104 valence electrons. The number of nitrogens with one attached hydrogen (secondary N) is 1. The Kier molecular flexibility index (Phi) is 4.94. The molecule has 7 heteroatoms. The molecule has 0 radical (unpaired) electrons. The van der Waals surface area contributed by atoms with Crippen LogP contribution in [0, 0.1) is 11.6 Å². The number of anilines is 1. The molecule has 0 saturated carbocycles. The van der Waals surface area contributed by atoms with Gasteiger partial charge in [-0.25, -0.2) is 8.78 Å².